The topological polar surface area (TPSA) is 60.9 Å². The van der Waals surface area contributed by atoms with E-state index in [0.29, 0.717) is 33.6 Å². The molecule has 4 heterocycles. The van der Waals surface area contributed by atoms with E-state index in [4.69, 9.17) is 16.6 Å². The molecule has 1 aliphatic rings. The van der Waals surface area contributed by atoms with Gasteiger partial charge in [0.05, 0.1) is 28.6 Å². The van der Waals surface area contributed by atoms with Gasteiger partial charge in [-0.05, 0) is 69.4 Å². The quantitative estimate of drug-likeness (QED) is 0.473. The lowest BCUT2D eigenvalue weighted by atomic mass is 10.0. The van der Waals surface area contributed by atoms with Crippen LogP contribution in [0, 0.1) is 5.82 Å². The van der Waals surface area contributed by atoms with Crippen molar-refractivity contribution in [1.29, 1.82) is 0 Å². The first-order valence-corrected chi connectivity index (χ1v) is 11.0. The Hall–Kier alpha value is -3.03. The minimum absolute atomic E-state index is 0.338. The van der Waals surface area contributed by atoms with Gasteiger partial charge in [-0.1, -0.05) is 11.6 Å². The normalized spacial score (nSPS) is 15.4. The fourth-order valence-electron chi connectivity index (χ4n) is 4.30. The first kappa shape index (κ1) is 20.8. The van der Waals surface area contributed by atoms with Crippen LogP contribution >= 0.6 is 11.6 Å². The maximum atomic E-state index is 14.5. The molecule has 0 amide bonds. The van der Waals surface area contributed by atoms with Crippen molar-refractivity contribution in [2.45, 2.75) is 18.9 Å². The van der Waals surface area contributed by atoms with Crippen LogP contribution in [0.15, 0.2) is 48.8 Å². The third-order valence-corrected chi connectivity index (χ3v) is 6.50. The fourth-order valence-corrected chi connectivity index (χ4v) is 4.47. The SMILES string of the molecule is CN1CCC(N(C)c2cnc3ccc(-c4c[nH]nc4-c4cc(Cl)ccc4F)nc3c2)CC1. The molecule has 0 unspecified atom stereocenters. The second kappa shape index (κ2) is 8.48. The van der Waals surface area contributed by atoms with Gasteiger partial charge in [0.15, 0.2) is 0 Å². The molecule has 0 radical (unpaired) electrons. The molecule has 0 atom stereocenters. The Morgan fingerprint density at radius 1 is 1.09 bits per heavy atom. The summed E-state index contributed by atoms with van der Waals surface area (Å²) >= 11 is 6.09. The largest absolute Gasteiger partial charge is 0.370 e. The molecule has 5 rings (SSSR count). The van der Waals surface area contributed by atoms with Crippen molar-refractivity contribution in [2.24, 2.45) is 0 Å². The highest BCUT2D eigenvalue weighted by atomic mass is 35.5. The Kier molecular flexibility index (Phi) is 5.53. The van der Waals surface area contributed by atoms with Crippen LogP contribution in [-0.2, 0) is 0 Å². The van der Waals surface area contributed by atoms with E-state index in [1.807, 2.05) is 18.3 Å². The smallest absolute Gasteiger partial charge is 0.132 e. The number of likely N-dealkylation sites (tertiary alicyclic amines) is 1. The van der Waals surface area contributed by atoms with Crippen LogP contribution in [0.2, 0.25) is 5.02 Å². The van der Waals surface area contributed by atoms with Crippen molar-refractivity contribution in [3.63, 3.8) is 0 Å². The highest BCUT2D eigenvalue weighted by molar-refractivity contribution is 6.30. The summed E-state index contributed by atoms with van der Waals surface area (Å²) in [5.74, 6) is -0.382. The first-order valence-electron chi connectivity index (χ1n) is 10.7. The predicted octanol–water partition coefficient (Wildman–Crippen LogP) is 5.01. The van der Waals surface area contributed by atoms with Crippen LogP contribution in [-0.4, -0.2) is 58.3 Å². The second-order valence-corrected chi connectivity index (χ2v) is 8.78. The lowest BCUT2D eigenvalue weighted by Crippen LogP contribution is -2.42. The number of aromatic amines is 1. The van der Waals surface area contributed by atoms with E-state index in [1.54, 1.807) is 12.3 Å². The Morgan fingerprint density at radius 2 is 1.91 bits per heavy atom. The number of rotatable bonds is 4. The number of fused-ring (bicyclic) bond motifs is 1. The summed E-state index contributed by atoms with van der Waals surface area (Å²) in [4.78, 5) is 14.1. The molecule has 0 spiro atoms. The summed E-state index contributed by atoms with van der Waals surface area (Å²) < 4.78 is 14.5. The van der Waals surface area contributed by atoms with E-state index in [0.717, 1.165) is 42.7 Å². The lowest BCUT2D eigenvalue weighted by molar-refractivity contribution is 0.253. The minimum Gasteiger partial charge on any atom is -0.370 e. The van der Waals surface area contributed by atoms with Crippen LogP contribution in [0.25, 0.3) is 33.5 Å². The maximum absolute atomic E-state index is 14.5. The van der Waals surface area contributed by atoms with Crippen molar-refractivity contribution in [2.75, 3.05) is 32.1 Å². The number of piperidine rings is 1. The van der Waals surface area contributed by atoms with Crippen molar-refractivity contribution >= 4 is 28.3 Å². The third kappa shape index (κ3) is 3.94. The Bertz CT molecular complexity index is 1260. The maximum Gasteiger partial charge on any atom is 0.132 e. The van der Waals surface area contributed by atoms with Gasteiger partial charge in [-0.15, -0.1) is 0 Å². The number of anilines is 1. The van der Waals surface area contributed by atoms with Crippen LogP contribution < -0.4 is 4.90 Å². The first-order chi connectivity index (χ1) is 15.5. The number of nitrogens with zero attached hydrogens (tertiary/aromatic N) is 5. The number of hydrogen-bond acceptors (Lipinski definition) is 5. The molecule has 6 nitrogen and oxygen atoms in total. The minimum atomic E-state index is -0.382. The van der Waals surface area contributed by atoms with E-state index in [9.17, 15) is 4.39 Å². The highest BCUT2D eigenvalue weighted by Crippen LogP contribution is 2.33. The Balaban J connectivity index is 1.50. The molecule has 164 valence electrons. The summed E-state index contributed by atoms with van der Waals surface area (Å²) in [6.45, 7) is 2.20. The average molecular weight is 451 g/mol. The molecule has 0 bridgehead atoms. The zero-order valence-electron chi connectivity index (χ0n) is 18.0. The van der Waals surface area contributed by atoms with E-state index >= 15 is 0 Å². The Morgan fingerprint density at radius 3 is 2.72 bits per heavy atom. The molecule has 0 aliphatic carbocycles. The molecule has 3 aromatic heterocycles. The van der Waals surface area contributed by atoms with Gasteiger partial charge in [0.25, 0.3) is 0 Å². The van der Waals surface area contributed by atoms with Crippen molar-refractivity contribution < 1.29 is 4.39 Å². The second-order valence-electron chi connectivity index (χ2n) is 8.35. The highest BCUT2D eigenvalue weighted by Gasteiger charge is 2.22. The number of H-pyrrole nitrogens is 1. The van der Waals surface area contributed by atoms with Gasteiger partial charge < -0.3 is 9.80 Å². The summed E-state index contributed by atoms with van der Waals surface area (Å²) in [6.07, 6.45) is 5.89. The van der Waals surface area contributed by atoms with Gasteiger partial charge in [0.1, 0.15) is 11.5 Å². The molecule has 1 fully saturated rings. The number of halogens is 2. The van der Waals surface area contributed by atoms with Crippen LogP contribution in [0.4, 0.5) is 10.1 Å². The molecule has 1 aromatic carbocycles. The molecule has 8 heteroatoms. The van der Waals surface area contributed by atoms with E-state index in [2.05, 4.69) is 45.1 Å². The van der Waals surface area contributed by atoms with E-state index in [-0.39, 0.29) is 5.82 Å². The number of benzene rings is 1. The molecular weight excluding hydrogens is 427 g/mol. The van der Waals surface area contributed by atoms with Gasteiger partial charge in [0.2, 0.25) is 0 Å². The van der Waals surface area contributed by atoms with Crippen LogP contribution in [0.3, 0.4) is 0 Å². The molecule has 1 N–H and O–H groups in total. The number of aromatic nitrogens is 4. The summed E-state index contributed by atoms with van der Waals surface area (Å²) in [5.41, 5.74) is 4.87. The number of nitrogens with one attached hydrogen (secondary N) is 1. The van der Waals surface area contributed by atoms with Crippen LogP contribution in [0.5, 0.6) is 0 Å². The molecule has 1 aliphatic heterocycles. The van der Waals surface area contributed by atoms with Crippen molar-refractivity contribution in [3.8, 4) is 22.5 Å². The summed E-state index contributed by atoms with van der Waals surface area (Å²) in [5, 5.41) is 7.56. The standard InChI is InChI=1S/C24H24ClFN6/c1-31-9-7-16(8-10-31)32(2)17-12-23-22(27-13-17)6-5-21(29-23)19-14-28-30-24(19)18-11-15(25)3-4-20(18)26/h3-6,11-14,16H,7-10H2,1-2H3,(H,28,30). The van der Waals surface area contributed by atoms with Gasteiger partial charge in [0, 0.05) is 35.4 Å². The average Bonchev–Trinajstić information content (AvgIpc) is 3.29. The van der Waals surface area contributed by atoms with Gasteiger partial charge in [-0.2, -0.15) is 5.10 Å². The molecule has 1 saturated heterocycles. The molecule has 32 heavy (non-hydrogen) atoms. The molecule has 4 aromatic rings. The third-order valence-electron chi connectivity index (χ3n) is 6.27. The van der Waals surface area contributed by atoms with Crippen molar-refractivity contribution in [3.05, 3.63) is 59.6 Å². The van der Waals surface area contributed by atoms with Gasteiger partial charge in [-0.25, -0.2) is 9.37 Å². The van der Waals surface area contributed by atoms with Crippen LogP contribution in [0.1, 0.15) is 12.8 Å². The van der Waals surface area contributed by atoms with Gasteiger partial charge >= 0.3 is 0 Å². The molecule has 0 saturated carbocycles. The predicted molar refractivity (Wildman–Crippen MR) is 126 cm³/mol. The lowest BCUT2D eigenvalue weighted by Gasteiger charge is -2.36. The van der Waals surface area contributed by atoms with E-state index < -0.39 is 0 Å². The summed E-state index contributed by atoms with van der Waals surface area (Å²) in [6, 6.07) is 10.8. The zero-order valence-corrected chi connectivity index (χ0v) is 18.8. The monoisotopic (exact) mass is 450 g/mol. The molecular formula is C24H24ClFN6. The van der Waals surface area contributed by atoms with Gasteiger partial charge in [-0.3, -0.25) is 10.1 Å². The summed E-state index contributed by atoms with van der Waals surface area (Å²) in [7, 11) is 4.29. The van der Waals surface area contributed by atoms with Crippen molar-refractivity contribution in [1.82, 2.24) is 25.1 Å². The number of pyridine rings is 2. The number of hydrogen-bond donors (Lipinski definition) is 1. The zero-order chi connectivity index (χ0) is 22.2. The fraction of sp³-hybridized carbons (Fsp3) is 0.292. The van der Waals surface area contributed by atoms with E-state index in [1.165, 1.54) is 12.1 Å². The Labute approximate surface area is 191 Å².